The Hall–Kier alpha value is -1.55. The van der Waals surface area contributed by atoms with Crippen LogP contribution >= 0.6 is 0 Å². The second-order valence-corrected chi connectivity index (χ2v) is 5.01. The van der Waals surface area contributed by atoms with Gasteiger partial charge in [0.15, 0.2) is 0 Å². The van der Waals surface area contributed by atoms with Crippen LogP contribution in [-0.4, -0.2) is 44.1 Å². The molecule has 0 radical (unpaired) electrons. The Bertz CT molecular complexity index is 428. The van der Waals surface area contributed by atoms with E-state index in [9.17, 15) is 4.79 Å². The van der Waals surface area contributed by atoms with E-state index in [0.29, 0.717) is 12.5 Å². The summed E-state index contributed by atoms with van der Waals surface area (Å²) in [4.78, 5) is 14.2. The Morgan fingerprint density at radius 2 is 2.16 bits per heavy atom. The number of hydrogen-bond donors (Lipinski definition) is 1. The number of amides is 1. The van der Waals surface area contributed by atoms with Crippen molar-refractivity contribution in [2.75, 3.05) is 27.2 Å². The molecule has 2 rings (SSSR count). The van der Waals surface area contributed by atoms with Gasteiger partial charge in [-0.05, 0) is 43.6 Å². The molecule has 1 saturated heterocycles. The quantitative estimate of drug-likeness (QED) is 0.893. The highest BCUT2D eigenvalue weighted by Gasteiger charge is 2.21. The van der Waals surface area contributed by atoms with Gasteiger partial charge in [-0.25, -0.2) is 0 Å². The summed E-state index contributed by atoms with van der Waals surface area (Å²) in [5.74, 6) is 0.981. The van der Waals surface area contributed by atoms with E-state index in [4.69, 9.17) is 4.74 Å². The molecule has 0 aromatic heterocycles. The summed E-state index contributed by atoms with van der Waals surface area (Å²) in [5.41, 5.74) is 1.00. The molecular formula is C15H22N2O2. The molecule has 0 saturated carbocycles. The minimum absolute atomic E-state index is 0.181. The Morgan fingerprint density at radius 3 is 2.84 bits per heavy atom. The van der Waals surface area contributed by atoms with Crippen LogP contribution in [0.4, 0.5) is 0 Å². The highest BCUT2D eigenvalue weighted by Crippen LogP contribution is 2.15. The van der Waals surface area contributed by atoms with Crippen molar-refractivity contribution in [3.05, 3.63) is 29.8 Å². The normalized spacial score (nSPS) is 16.1. The van der Waals surface area contributed by atoms with Gasteiger partial charge >= 0.3 is 0 Å². The predicted octanol–water partition coefficient (Wildman–Crippen LogP) is 1.45. The van der Waals surface area contributed by atoms with Crippen LogP contribution in [0.15, 0.2) is 24.3 Å². The smallest absolute Gasteiger partial charge is 0.226 e. The van der Waals surface area contributed by atoms with E-state index in [0.717, 1.165) is 37.2 Å². The van der Waals surface area contributed by atoms with E-state index < -0.39 is 0 Å². The van der Waals surface area contributed by atoms with Crippen LogP contribution in [0.2, 0.25) is 0 Å². The number of piperidine rings is 1. The topological polar surface area (TPSA) is 41.6 Å². The molecule has 1 aromatic rings. The molecule has 1 fully saturated rings. The fourth-order valence-corrected chi connectivity index (χ4v) is 2.48. The molecule has 1 amide bonds. The summed E-state index contributed by atoms with van der Waals surface area (Å²) in [5, 5.41) is 3.32. The van der Waals surface area contributed by atoms with Crippen molar-refractivity contribution in [1.29, 1.82) is 0 Å². The van der Waals surface area contributed by atoms with Gasteiger partial charge < -0.3 is 15.0 Å². The third-order valence-corrected chi connectivity index (χ3v) is 3.74. The second kappa shape index (κ2) is 6.57. The van der Waals surface area contributed by atoms with Gasteiger partial charge in [0.2, 0.25) is 5.91 Å². The molecule has 1 aliphatic rings. The van der Waals surface area contributed by atoms with E-state index in [1.165, 1.54) is 0 Å². The number of carbonyl (C=O) groups excluding carboxylic acids is 1. The van der Waals surface area contributed by atoms with Crippen LogP contribution in [0, 0.1) is 0 Å². The molecule has 0 atom stereocenters. The zero-order valence-electron chi connectivity index (χ0n) is 11.7. The van der Waals surface area contributed by atoms with Crippen LogP contribution in [0.3, 0.4) is 0 Å². The molecule has 4 nitrogen and oxygen atoms in total. The van der Waals surface area contributed by atoms with E-state index in [-0.39, 0.29) is 5.91 Å². The average Bonchev–Trinajstić information content (AvgIpc) is 2.47. The monoisotopic (exact) mass is 262 g/mol. The summed E-state index contributed by atoms with van der Waals surface area (Å²) in [6, 6.07) is 8.08. The molecule has 1 aromatic carbocycles. The van der Waals surface area contributed by atoms with Crippen LogP contribution in [-0.2, 0) is 11.2 Å². The Balaban J connectivity index is 1.95. The summed E-state index contributed by atoms with van der Waals surface area (Å²) >= 11 is 0. The SMILES string of the molecule is COc1cccc(CC(=O)N(C)C2CCNCC2)c1. The number of rotatable bonds is 4. The summed E-state index contributed by atoms with van der Waals surface area (Å²) in [6.07, 6.45) is 2.53. The summed E-state index contributed by atoms with van der Waals surface area (Å²) < 4.78 is 5.18. The number of benzene rings is 1. The molecule has 0 aliphatic carbocycles. The lowest BCUT2D eigenvalue weighted by molar-refractivity contribution is -0.131. The van der Waals surface area contributed by atoms with Crippen molar-refractivity contribution in [2.24, 2.45) is 0 Å². The highest BCUT2D eigenvalue weighted by molar-refractivity contribution is 5.79. The molecular weight excluding hydrogens is 240 g/mol. The Morgan fingerprint density at radius 1 is 1.42 bits per heavy atom. The van der Waals surface area contributed by atoms with Crippen LogP contribution in [0.5, 0.6) is 5.75 Å². The van der Waals surface area contributed by atoms with Crippen molar-refractivity contribution < 1.29 is 9.53 Å². The maximum Gasteiger partial charge on any atom is 0.226 e. The molecule has 0 spiro atoms. The van der Waals surface area contributed by atoms with Gasteiger partial charge in [0.25, 0.3) is 0 Å². The summed E-state index contributed by atoms with van der Waals surface area (Å²) in [7, 11) is 3.56. The Kier molecular flexibility index (Phi) is 4.80. The lowest BCUT2D eigenvalue weighted by Crippen LogP contribution is -2.44. The summed E-state index contributed by atoms with van der Waals surface area (Å²) in [6.45, 7) is 2.00. The van der Waals surface area contributed by atoms with Gasteiger partial charge in [-0.15, -0.1) is 0 Å². The largest absolute Gasteiger partial charge is 0.497 e. The molecule has 19 heavy (non-hydrogen) atoms. The minimum Gasteiger partial charge on any atom is -0.497 e. The number of hydrogen-bond acceptors (Lipinski definition) is 3. The first-order valence-electron chi connectivity index (χ1n) is 6.80. The molecule has 4 heteroatoms. The zero-order chi connectivity index (χ0) is 13.7. The zero-order valence-corrected chi connectivity index (χ0v) is 11.7. The van der Waals surface area contributed by atoms with Crippen molar-refractivity contribution in [1.82, 2.24) is 10.2 Å². The number of carbonyl (C=O) groups is 1. The maximum absolute atomic E-state index is 12.3. The standard InChI is InChI=1S/C15H22N2O2/c1-17(13-6-8-16-9-7-13)15(18)11-12-4-3-5-14(10-12)19-2/h3-5,10,13,16H,6-9,11H2,1-2H3. The van der Waals surface area contributed by atoms with Crippen LogP contribution < -0.4 is 10.1 Å². The van der Waals surface area contributed by atoms with Crippen molar-refractivity contribution in [3.63, 3.8) is 0 Å². The average molecular weight is 262 g/mol. The van der Waals surface area contributed by atoms with Crippen LogP contribution in [0.1, 0.15) is 18.4 Å². The van der Waals surface area contributed by atoms with Crippen molar-refractivity contribution >= 4 is 5.91 Å². The first kappa shape index (κ1) is 13.9. The molecule has 0 bridgehead atoms. The van der Waals surface area contributed by atoms with Gasteiger partial charge in [-0.1, -0.05) is 12.1 Å². The number of likely N-dealkylation sites (N-methyl/N-ethyl adjacent to an activating group) is 1. The minimum atomic E-state index is 0.181. The fraction of sp³-hybridized carbons (Fsp3) is 0.533. The first-order valence-corrected chi connectivity index (χ1v) is 6.80. The molecule has 1 N–H and O–H groups in total. The van der Waals surface area contributed by atoms with E-state index in [1.807, 2.05) is 36.2 Å². The second-order valence-electron chi connectivity index (χ2n) is 5.01. The van der Waals surface area contributed by atoms with Crippen LogP contribution in [0.25, 0.3) is 0 Å². The van der Waals surface area contributed by atoms with Gasteiger partial charge in [-0.2, -0.15) is 0 Å². The molecule has 104 valence electrons. The van der Waals surface area contributed by atoms with E-state index in [1.54, 1.807) is 7.11 Å². The highest BCUT2D eigenvalue weighted by atomic mass is 16.5. The number of methoxy groups -OCH3 is 1. The van der Waals surface area contributed by atoms with E-state index >= 15 is 0 Å². The third-order valence-electron chi connectivity index (χ3n) is 3.74. The molecule has 0 unspecified atom stereocenters. The van der Waals surface area contributed by atoms with Gasteiger partial charge in [0.05, 0.1) is 13.5 Å². The third kappa shape index (κ3) is 3.70. The van der Waals surface area contributed by atoms with Crippen molar-refractivity contribution in [3.8, 4) is 5.75 Å². The van der Waals surface area contributed by atoms with Gasteiger partial charge in [0, 0.05) is 13.1 Å². The number of nitrogens with zero attached hydrogens (tertiary/aromatic N) is 1. The Labute approximate surface area is 114 Å². The maximum atomic E-state index is 12.3. The van der Waals surface area contributed by atoms with E-state index in [2.05, 4.69) is 5.32 Å². The van der Waals surface area contributed by atoms with Crippen molar-refractivity contribution in [2.45, 2.75) is 25.3 Å². The molecule has 1 heterocycles. The fourth-order valence-electron chi connectivity index (χ4n) is 2.48. The predicted molar refractivity (Wildman–Crippen MR) is 75.4 cm³/mol. The molecule has 1 aliphatic heterocycles. The van der Waals surface area contributed by atoms with Gasteiger partial charge in [-0.3, -0.25) is 4.79 Å². The van der Waals surface area contributed by atoms with Gasteiger partial charge in [0.1, 0.15) is 5.75 Å². The number of ether oxygens (including phenoxy) is 1. The lowest BCUT2D eigenvalue weighted by atomic mass is 10.0. The first-order chi connectivity index (χ1) is 9.20. The lowest BCUT2D eigenvalue weighted by Gasteiger charge is -2.31. The number of nitrogens with one attached hydrogen (secondary N) is 1.